The summed E-state index contributed by atoms with van der Waals surface area (Å²) in [5, 5.41) is 3.67. The van der Waals surface area contributed by atoms with Crippen LogP contribution in [0.15, 0.2) is 0 Å². The molecule has 0 aliphatic carbocycles. The van der Waals surface area contributed by atoms with E-state index in [0.29, 0.717) is 6.54 Å². The predicted molar refractivity (Wildman–Crippen MR) is 38.0 cm³/mol. The van der Waals surface area contributed by atoms with Gasteiger partial charge in [-0.25, -0.2) is 4.98 Å². The number of carbonyl (C=O) groups excluding carboxylic acids is 1. The number of nitrogens with one attached hydrogen (secondary N) is 1. The molecule has 0 atom stereocenters. The lowest BCUT2D eigenvalue weighted by Crippen LogP contribution is -2.12. The second-order valence-electron chi connectivity index (χ2n) is 2.19. The van der Waals surface area contributed by atoms with Crippen molar-refractivity contribution in [3.05, 3.63) is 15.6 Å². The van der Waals surface area contributed by atoms with Gasteiger partial charge in [0.15, 0.2) is 0 Å². The fraction of sp³-hybridized carbons (Fsp3) is 0.333. The van der Waals surface area contributed by atoms with E-state index in [2.05, 4.69) is 10.3 Å². The minimum absolute atomic E-state index is 0.0283. The first-order valence-electron chi connectivity index (χ1n) is 3.02. The number of amides is 1. The monoisotopic (exact) mass is 154 g/mol. The third-order valence-corrected chi connectivity index (χ3v) is 2.44. The molecule has 1 aliphatic heterocycles. The number of fused-ring (bicyclic) bond motifs is 1. The molecule has 0 unspecified atom stereocenters. The van der Waals surface area contributed by atoms with E-state index in [-0.39, 0.29) is 5.91 Å². The molecule has 1 amide bonds. The lowest BCUT2D eigenvalue weighted by Gasteiger charge is -1.86. The van der Waals surface area contributed by atoms with E-state index in [9.17, 15) is 4.79 Å². The maximum absolute atomic E-state index is 10.9. The van der Waals surface area contributed by atoms with E-state index < -0.39 is 0 Å². The van der Waals surface area contributed by atoms with Crippen LogP contribution in [-0.4, -0.2) is 10.9 Å². The van der Waals surface area contributed by atoms with Gasteiger partial charge in [0.25, 0.3) is 5.91 Å². The van der Waals surface area contributed by atoms with Crippen LogP contribution in [0.4, 0.5) is 0 Å². The van der Waals surface area contributed by atoms with Crippen molar-refractivity contribution in [1.29, 1.82) is 0 Å². The molecule has 1 N–H and O–H groups in total. The molecule has 0 spiro atoms. The van der Waals surface area contributed by atoms with Crippen molar-refractivity contribution >= 4 is 17.2 Å². The molecule has 10 heavy (non-hydrogen) atoms. The van der Waals surface area contributed by atoms with E-state index in [1.54, 1.807) is 0 Å². The van der Waals surface area contributed by atoms with Crippen LogP contribution in [0.5, 0.6) is 0 Å². The van der Waals surface area contributed by atoms with Gasteiger partial charge in [0, 0.05) is 0 Å². The van der Waals surface area contributed by atoms with E-state index in [4.69, 9.17) is 0 Å². The summed E-state index contributed by atoms with van der Waals surface area (Å²) in [4.78, 5) is 15.9. The average Bonchev–Trinajstić information content (AvgIpc) is 2.35. The van der Waals surface area contributed by atoms with Crippen molar-refractivity contribution < 1.29 is 4.79 Å². The van der Waals surface area contributed by atoms with Crippen LogP contribution < -0.4 is 5.32 Å². The molecule has 3 nitrogen and oxygen atoms in total. The summed E-state index contributed by atoms with van der Waals surface area (Å²) in [5.74, 6) is 0.0283. The number of hydrogen-bond acceptors (Lipinski definition) is 3. The summed E-state index contributed by atoms with van der Waals surface area (Å²) in [6.07, 6.45) is 0. The van der Waals surface area contributed by atoms with Gasteiger partial charge in [0.05, 0.1) is 17.2 Å². The fourth-order valence-corrected chi connectivity index (χ4v) is 1.86. The zero-order valence-electron chi connectivity index (χ0n) is 5.47. The Kier molecular flexibility index (Phi) is 1.05. The summed E-state index contributed by atoms with van der Waals surface area (Å²) < 4.78 is 0. The highest BCUT2D eigenvalue weighted by Crippen LogP contribution is 2.21. The summed E-state index contributed by atoms with van der Waals surface area (Å²) >= 11 is 1.46. The van der Waals surface area contributed by atoms with Gasteiger partial charge in [-0.2, -0.15) is 0 Å². The normalized spacial score (nSPS) is 15.1. The summed E-state index contributed by atoms with van der Waals surface area (Å²) in [5.41, 5.74) is 0.910. The maximum atomic E-state index is 10.9. The van der Waals surface area contributed by atoms with Crippen LogP contribution in [-0.2, 0) is 6.54 Å². The molecule has 2 rings (SSSR count). The van der Waals surface area contributed by atoms with Gasteiger partial charge in [-0.05, 0) is 6.92 Å². The molecule has 0 radical (unpaired) electrons. The molecule has 4 heteroatoms. The molecule has 0 saturated heterocycles. The highest BCUT2D eigenvalue weighted by molar-refractivity contribution is 7.13. The van der Waals surface area contributed by atoms with Crippen molar-refractivity contribution in [1.82, 2.24) is 10.3 Å². The summed E-state index contributed by atoms with van der Waals surface area (Å²) in [6, 6.07) is 0. The van der Waals surface area contributed by atoms with Gasteiger partial charge in [-0.3, -0.25) is 4.79 Å². The Balaban J connectivity index is 2.59. The maximum Gasteiger partial charge on any atom is 0.263 e. The van der Waals surface area contributed by atoms with Gasteiger partial charge in [0.2, 0.25) is 0 Å². The van der Waals surface area contributed by atoms with Crippen molar-refractivity contribution in [3.8, 4) is 0 Å². The number of rotatable bonds is 0. The number of aryl methyl sites for hydroxylation is 1. The van der Waals surface area contributed by atoms with Crippen molar-refractivity contribution in [2.24, 2.45) is 0 Å². The number of aromatic nitrogens is 1. The standard InChI is InChI=1S/C6H6N2OS/c1-3-8-4-2-7-6(9)5(4)10-3/h2H2,1H3,(H,7,9). The van der Waals surface area contributed by atoms with Crippen molar-refractivity contribution in [3.63, 3.8) is 0 Å². The molecule has 0 saturated carbocycles. The largest absolute Gasteiger partial charge is 0.346 e. The van der Waals surface area contributed by atoms with Gasteiger partial charge >= 0.3 is 0 Å². The molecular formula is C6H6N2OS. The Bertz CT molecular complexity index is 292. The SMILES string of the molecule is Cc1nc2c(s1)C(=O)NC2. The quantitative estimate of drug-likeness (QED) is 0.597. The van der Waals surface area contributed by atoms with E-state index in [0.717, 1.165) is 15.6 Å². The molecular weight excluding hydrogens is 148 g/mol. The molecule has 1 aliphatic rings. The van der Waals surface area contributed by atoms with Crippen LogP contribution in [0.25, 0.3) is 0 Å². The minimum atomic E-state index is 0.0283. The Morgan fingerprint density at radius 1 is 1.70 bits per heavy atom. The van der Waals surface area contributed by atoms with E-state index in [1.807, 2.05) is 6.92 Å². The molecule has 1 aromatic rings. The Labute approximate surface area is 62.1 Å². The first-order chi connectivity index (χ1) is 4.77. The number of hydrogen-bond donors (Lipinski definition) is 1. The van der Waals surface area contributed by atoms with Crippen LogP contribution in [0, 0.1) is 6.92 Å². The second kappa shape index (κ2) is 1.79. The van der Waals surface area contributed by atoms with Crippen molar-refractivity contribution in [2.75, 3.05) is 0 Å². The van der Waals surface area contributed by atoms with Gasteiger partial charge in [0.1, 0.15) is 4.88 Å². The third kappa shape index (κ3) is 0.654. The first-order valence-corrected chi connectivity index (χ1v) is 3.83. The van der Waals surface area contributed by atoms with Crippen LogP contribution in [0.3, 0.4) is 0 Å². The zero-order valence-corrected chi connectivity index (χ0v) is 6.29. The Morgan fingerprint density at radius 2 is 2.50 bits per heavy atom. The molecule has 0 aromatic carbocycles. The predicted octanol–water partition coefficient (Wildman–Crippen LogP) is 0.695. The van der Waals surface area contributed by atoms with Gasteiger partial charge in [-0.1, -0.05) is 0 Å². The lowest BCUT2D eigenvalue weighted by molar-refractivity contribution is 0.0969. The molecule has 0 fully saturated rings. The topological polar surface area (TPSA) is 42.0 Å². The molecule has 2 heterocycles. The second-order valence-corrected chi connectivity index (χ2v) is 3.39. The zero-order chi connectivity index (χ0) is 7.14. The van der Waals surface area contributed by atoms with Gasteiger partial charge < -0.3 is 5.32 Å². The van der Waals surface area contributed by atoms with Crippen molar-refractivity contribution in [2.45, 2.75) is 13.5 Å². The molecule has 1 aromatic heterocycles. The smallest absolute Gasteiger partial charge is 0.263 e. The fourth-order valence-electron chi connectivity index (χ4n) is 1.01. The van der Waals surface area contributed by atoms with E-state index >= 15 is 0 Å². The van der Waals surface area contributed by atoms with Gasteiger partial charge in [-0.15, -0.1) is 11.3 Å². The highest BCUT2D eigenvalue weighted by atomic mass is 32.1. The molecule has 0 bridgehead atoms. The number of thiazole rings is 1. The third-order valence-electron chi connectivity index (χ3n) is 1.43. The van der Waals surface area contributed by atoms with Crippen LogP contribution in [0.2, 0.25) is 0 Å². The lowest BCUT2D eigenvalue weighted by atomic mass is 10.4. The first kappa shape index (κ1) is 5.85. The summed E-state index contributed by atoms with van der Waals surface area (Å²) in [6.45, 7) is 2.52. The van der Waals surface area contributed by atoms with Crippen LogP contribution >= 0.6 is 11.3 Å². The number of carbonyl (C=O) groups is 1. The summed E-state index contributed by atoms with van der Waals surface area (Å²) in [7, 11) is 0. The van der Waals surface area contributed by atoms with E-state index in [1.165, 1.54) is 11.3 Å². The Morgan fingerprint density at radius 3 is 3.20 bits per heavy atom. The molecule has 52 valence electrons. The minimum Gasteiger partial charge on any atom is -0.346 e. The number of nitrogens with zero attached hydrogens (tertiary/aromatic N) is 1. The highest BCUT2D eigenvalue weighted by Gasteiger charge is 2.22. The average molecular weight is 154 g/mol. The van der Waals surface area contributed by atoms with Crippen LogP contribution in [0.1, 0.15) is 20.4 Å². The Hall–Kier alpha value is -0.900.